The molecule has 0 unspecified atom stereocenters. The Kier molecular flexibility index (Phi) is 5.25. The molecule has 1 aliphatic rings. The van der Waals surface area contributed by atoms with E-state index in [1.54, 1.807) is 0 Å². The third-order valence-electron chi connectivity index (χ3n) is 3.34. The number of hydrogen-bond donors (Lipinski definition) is 0. The summed E-state index contributed by atoms with van der Waals surface area (Å²) >= 11 is 2.18. The second-order valence-corrected chi connectivity index (χ2v) is 7.14. The minimum Gasteiger partial charge on any atom is -0.159 e. The summed E-state index contributed by atoms with van der Waals surface area (Å²) in [5, 5.41) is 0.980. The molecule has 0 aliphatic carbocycles. The van der Waals surface area contributed by atoms with Gasteiger partial charge in [0.2, 0.25) is 0 Å². The third kappa shape index (κ3) is 5.10. The van der Waals surface area contributed by atoms with Crippen LogP contribution in [0.2, 0.25) is 0 Å². The second-order valence-electron chi connectivity index (χ2n) is 5.73. The molecule has 0 spiro atoms. The van der Waals surface area contributed by atoms with Gasteiger partial charge in [0.15, 0.2) is 0 Å². The first-order valence-corrected chi connectivity index (χ1v) is 7.35. The zero-order chi connectivity index (χ0) is 11.3. The molecule has 0 amide bonds. The molecule has 0 aromatic heterocycles. The van der Waals surface area contributed by atoms with Gasteiger partial charge in [0.05, 0.1) is 0 Å². The topological polar surface area (TPSA) is 0 Å². The van der Waals surface area contributed by atoms with Crippen molar-refractivity contribution in [3.8, 4) is 0 Å². The molecule has 0 N–H and O–H groups in total. The van der Waals surface area contributed by atoms with Gasteiger partial charge in [-0.2, -0.15) is 11.8 Å². The van der Waals surface area contributed by atoms with Crippen LogP contribution in [0.3, 0.4) is 0 Å². The first-order chi connectivity index (χ1) is 7.00. The summed E-state index contributed by atoms with van der Waals surface area (Å²) in [7, 11) is 0. The fourth-order valence-electron chi connectivity index (χ4n) is 1.96. The predicted molar refractivity (Wildman–Crippen MR) is 72.5 cm³/mol. The van der Waals surface area contributed by atoms with Crippen molar-refractivity contribution in [2.45, 2.75) is 64.5 Å². The molecule has 1 fully saturated rings. The highest BCUT2D eigenvalue weighted by molar-refractivity contribution is 8.00. The molecule has 1 aliphatic heterocycles. The van der Waals surface area contributed by atoms with E-state index in [-0.39, 0.29) is 0 Å². The Labute approximate surface area is 99.9 Å². The summed E-state index contributed by atoms with van der Waals surface area (Å²) in [6, 6.07) is 0. The summed E-state index contributed by atoms with van der Waals surface area (Å²) in [4.78, 5) is 0. The van der Waals surface area contributed by atoms with E-state index < -0.39 is 0 Å². The summed E-state index contributed by atoms with van der Waals surface area (Å²) in [5.74, 6) is 1.40. The van der Waals surface area contributed by atoms with Gasteiger partial charge in [0.1, 0.15) is 0 Å². The lowest BCUT2D eigenvalue weighted by molar-refractivity contribution is 0.473. The lowest BCUT2D eigenvalue weighted by Crippen LogP contribution is -2.08. The summed E-state index contributed by atoms with van der Waals surface area (Å²) in [6.45, 7) is 11.0. The molecule has 0 bridgehead atoms. The molecule has 1 heteroatoms. The molecular weight excluding hydrogens is 200 g/mol. The van der Waals surface area contributed by atoms with Crippen LogP contribution < -0.4 is 0 Å². The Morgan fingerprint density at radius 3 is 2.60 bits per heavy atom. The normalized spacial score (nSPS) is 21.9. The van der Waals surface area contributed by atoms with E-state index >= 15 is 0 Å². The Bertz CT molecular complexity index is 194. The molecule has 0 aromatic carbocycles. The number of thioether (sulfide) groups is 1. The highest BCUT2D eigenvalue weighted by atomic mass is 32.2. The molecule has 88 valence electrons. The summed E-state index contributed by atoms with van der Waals surface area (Å²) in [6.07, 6.45) is 8.30. The lowest BCUT2D eigenvalue weighted by atomic mass is 9.84. The minimum atomic E-state index is 0.308. The van der Waals surface area contributed by atoms with Crippen LogP contribution in [-0.2, 0) is 0 Å². The third-order valence-corrected chi connectivity index (χ3v) is 4.81. The summed E-state index contributed by atoms with van der Waals surface area (Å²) < 4.78 is 0. The van der Waals surface area contributed by atoms with Crippen molar-refractivity contribution in [2.75, 3.05) is 5.75 Å². The van der Waals surface area contributed by atoms with Crippen LogP contribution in [0.4, 0.5) is 0 Å². The average molecular weight is 226 g/mol. The van der Waals surface area contributed by atoms with Crippen molar-refractivity contribution >= 4 is 11.8 Å². The van der Waals surface area contributed by atoms with Gasteiger partial charge >= 0.3 is 0 Å². The smallest absolute Gasteiger partial charge is 0.00473 e. The quantitative estimate of drug-likeness (QED) is 0.467. The molecule has 0 aromatic rings. The van der Waals surface area contributed by atoms with Crippen LogP contribution in [0, 0.1) is 5.41 Å². The number of unbranched alkanes of at least 4 members (excludes halogenated alkanes) is 1. The van der Waals surface area contributed by atoms with Crippen molar-refractivity contribution in [1.82, 2.24) is 0 Å². The lowest BCUT2D eigenvalue weighted by Gasteiger charge is -2.21. The van der Waals surface area contributed by atoms with Gasteiger partial charge in [0, 0.05) is 5.25 Å². The van der Waals surface area contributed by atoms with Crippen molar-refractivity contribution in [3.05, 3.63) is 12.2 Å². The van der Waals surface area contributed by atoms with Gasteiger partial charge in [-0.25, -0.2) is 0 Å². The Balaban J connectivity index is 2.03. The Morgan fingerprint density at radius 2 is 2.07 bits per heavy atom. The zero-order valence-electron chi connectivity index (χ0n) is 10.6. The Morgan fingerprint density at radius 1 is 1.33 bits per heavy atom. The van der Waals surface area contributed by atoms with Crippen molar-refractivity contribution < 1.29 is 0 Å². The van der Waals surface area contributed by atoms with Crippen LogP contribution in [-0.4, -0.2) is 11.0 Å². The maximum atomic E-state index is 4.19. The van der Waals surface area contributed by atoms with E-state index in [4.69, 9.17) is 0 Å². The average Bonchev–Trinajstić information content (AvgIpc) is 2.63. The van der Waals surface area contributed by atoms with Gasteiger partial charge in [-0.1, -0.05) is 39.3 Å². The van der Waals surface area contributed by atoms with E-state index in [0.29, 0.717) is 5.41 Å². The van der Waals surface area contributed by atoms with E-state index in [2.05, 4.69) is 39.1 Å². The maximum Gasteiger partial charge on any atom is 0.00473 e. The molecule has 0 saturated carbocycles. The highest BCUT2D eigenvalue weighted by Gasteiger charge is 2.16. The molecule has 1 saturated heterocycles. The largest absolute Gasteiger partial charge is 0.159 e. The van der Waals surface area contributed by atoms with Crippen molar-refractivity contribution in [2.24, 2.45) is 5.41 Å². The molecule has 0 nitrogen and oxygen atoms in total. The van der Waals surface area contributed by atoms with Gasteiger partial charge in [0.25, 0.3) is 0 Å². The van der Waals surface area contributed by atoms with E-state index in [1.165, 1.54) is 49.9 Å². The van der Waals surface area contributed by atoms with Crippen LogP contribution in [0.1, 0.15) is 59.3 Å². The van der Waals surface area contributed by atoms with E-state index in [1.807, 2.05) is 0 Å². The fraction of sp³-hybridized carbons (Fsp3) is 0.857. The zero-order valence-corrected chi connectivity index (χ0v) is 11.5. The first kappa shape index (κ1) is 13.2. The molecular formula is C14H26S. The Hall–Kier alpha value is 0.0900. The van der Waals surface area contributed by atoms with Crippen molar-refractivity contribution in [1.29, 1.82) is 0 Å². The maximum absolute atomic E-state index is 4.19. The first-order valence-electron chi connectivity index (χ1n) is 6.30. The molecule has 1 rings (SSSR count). The van der Waals surface area contributed by atoms with Gasteiger partial charge < -0.3 is 0 Å². The second kappa shape index (κ2) is 5.98. The van der Waals surface area contributed by atoms with E-state index in [9.17, 15) is 0 Å². The highest BCUT2D eigenvalue weighted by Crippen LogP contribution is 2.31. The molecule has 0 radical (unpaired) electrons. The van der Waals surface area contributed by atoms with Crippen molar-refractivity contribution in [3.63, 3.8) is 0 Å². The number of hydrogen-bond acceptors (Lipinski definition) is 1. The van der Waals surface area contributed by atoms with E-state index in [0.717, 1.165) is 5.25 Å². The molecule has 1 atom stereocenters. The molecule has 15 heavy (non-hydrogen) atoms. The minimum absolute atomic E-state index is 0.308. The van der Waals surface area contributed by atoms with Crippen LogP contribution in [0.25, 0.3) is 0 Å². The number of allylic oxidation sites excluding steroid dienone is 1. The standard InChI is InChI=1S/C14H26S/c1-12(14(2,3)4)8-5-6-9-13-10-7-11-15-13/h13H,1,5-11H2,2-4H3/t13-/m1/s1. The van der Waals surface area contributed by atoms with Gasteiger partial charge in [-0.3, -0.25) is 0 Å². The summed E-state index contributed by atoms with van der Waals surface area (Å²) in [5.41, 5.74) is 1.73. The molecule has 1 heterocycles. The van der Waals surface area contributed by atoms with Crippen LogP contribution in [0.15, 0.2) is 12.2 Å². The number of rotatable bonds is 5. The van der Waals surface area contributed by atoms with Gasteiger partial charge in [-0.15, -0.1) is 0 Å². The van der Waals surface area contributed by atoms with Gasteiger partial charge in [-0.05, 0) is 43.3 Å². The fourth-order valence-corrected chi connectivity index (χ4v) is 3.29. The van der Waals surface area contributed by atoms with Crippen LogP contribution in [0.5, 0.6) is 0 Å². The van der Waals surface area contributed by atoms with Crippen LogP contribution >= 0.6 is 11.8 Å². The SMILES string of the molecule is C=C(CCCC[C@@H]1CCCS1)C(C)(C)C. The monoisotopic (exact) mass is 226 g/mol. The predicted octanol–water partition coefficient (Wildman–Crippen LogP) is 5.04.